The Morgan fingerprint density at radius 1 is 1.00 bits per heavy atom. The topological polar surface area (TPSA) is 20.2 Å². The van der Waals surface area contributed by atoms with Crippen molar-refractivity contribution in [2.75, 3.05) is 0 Å². The molecule has 0 saturated carbocycles. The van der Waals surface area contributed by atoms with Gasteiger partial charge in [0.1, 0.15) is 5.75 Å². The monoisotopic (exact) mass is 312 g/mol. The zero-order chi connectivity index (χ0) is 11.1. The Hall–Kier alpha value is 0.760. The van der Waals surface area contributed by atoms with Crippen LogP contribution in [0.15, 0.2) is 6.07 Å². The second kappa shape index (κ2) is 4.32. The van der Waals surface area contributed by atoms with E-state index in [9.17, 15) is 5.11 Å². The van der Waals surface area contributed by atoms with E-state index >= 15 is 0 Å². The maximum atomic E-state index is 9.45. The van der Waals surface area contributed by atoms with Gasteiger partial charge >= 0.3 is 0 Å². The van der Waals surface area contributed by atoms with Crippen LogP contribution in [-0.2, 0) is 3.79 Å². The molecule has 0 fully saturated rings. The summed E-state index contributed by atoms with van der Waals surface area (Å²) < 4.78 is -1.85. The summed E-state index contributed by atoms with van der Waals surface area (Å²) in [5.41, 5.74) is -0.0847. The summed E-state index contributed by atoms with van der Waals surface area (Å²) in [7, 11) is 0. The molecule has 0 aromatic heterocycles. The standard InChI is InChI=1S/C7H2Cl6O/c8-2-1-3(14)4(7(11,12)13)6(10)5(2)9/h1,14H. The maximum Gasteiger partial charge on any atom is 0.221 e. The van der Waals surface area contributed by atoms with Crippen LogP contribution in [0.4, 0.5) is 0 Å². The van der Waals surface area contributed by atoms with Gasteiger partial charge in [-0.15, -0.1) is 0 Å². The molecule has 0 aliphatic rings. The van der Waals surface area contributed by atoms with Crippen molar-refractivity contribution in [2.24, 2.45) is 0 Å². The molecular weight excluding hydrogens is 313 g/mol. The van der Waals surface area contributed by atoms with Gasteiger partial charge in [-0.25, -0.2) is 0 Å². The number of phenols is 1. The van der Waals surface area contributed by atoms with Gasteiger partial charge in [-0.05, 0) is 0 Å². The fourth-order valence-electron chi connectivity index (χ4n) is 0.852. The number of rotatable bonds is 0. The Balaban J connectivity index is 3.53. The Bertz CT molecular complexity index is 369. The molecule has 0 aliphatic heterocycles. The molecule has 0 atom stereocenters. The van der Waals surface area contributed by atoms with Gasteiger partial charge in [-0.1, -0.05) is 69.6 Å². The van der Waals surface area contributed by atoms with Crippen molar-refractivity contribution in [1.29, 1.82) is 0 Å². The number of halogens is 6. The highest BCUT2D eigenvalue weighted by Crippen LogP contribution is 2.50. The van der Waals surface area contributed by atoms with Crippen LogP contribution in [0, 0.1) is 0 Å². The van der Waals surface area contributed by atoms with Crippen molar-refractivity contribution in [3.8, 4) is 5.75 Å². The molecule has 0 radical (unpaired) electrons. The molecule has 1 nitrogen and oxygen atoms in total. The third-order valence-corrected chi connectivity index (χ3v) is 3.25. The molecule has 14 heavy (non-hydrogen) atoms. The Kier molecular flexibility index (Phi) is 3.96. The van der Waals surface area contributed by atoms with Gasteiger partial charge in [0.15, 0.2) is 0 Å². The first-order valence-electron chi connectivity index (χ1n) is 3.18. The van der Waals surface area contributed by atoms with E-state index in [2.05, 4.69) is 0 Å². The largest absolute Gasteiger partial charge is 0.507 e. The van der Waals surface area contributed by atoms with Crippen LogP contribution in [0.5, 0.6) is 5.75 Å². The SMILES string of the molecule is Oc1cc(Cl)c(Cl)c(Cl)c1C(Cl)(Cl)Cl. The van der Waals surface area contributed by atoms with Crippen LogP contribution in [0.25, 0.3) is 0 Å². The van der Waals surface area contributed by atoms with Gasteiger partial charge in [0.25, 0.3) is 0 Å². The molecule has 1 aromatic rings. The molecule has 7 heteroatoms. The average Bonchev–Trinajstić information content (AvgIpc) is 1.97. The Morgan fingerprint density at radius 2 is 1.50 bits per heavy atom. The number of alkyl halides is 3. The minimum absolute atomic E-state index is 0.0347. The molecule has 0 amide bonds. The first-order valence-corrected chi connectivity index (χ1v) is 5.45. The summed E-state index contributed by atoms with van der Waals surface area (Å²) in [6, 6.07) is 1.16. The lowest BCUT2D eigenvalue weighted by molar-refractivity contribution is 0.469. The second-order valence-electron chi connectivity index (χ2n) is 2.38. The van der Waals surface area contributed by atoms with Gasteiger partial charge in [0.05, 0.1) is 20.6 Å². The van der Waals surface area contributed by atoms with Gasteiger partial charge in [-0.2, -0.15) is 0 Å². The van der Waals surface area contributed by atoms with Gasteiger partial charge in [0.2, 0.25) is 3.79 Å². The minimum atomic E-state index is -1.85. The van der Waals surface area contributed by atoms with E-state index in [0.717, 1.165) is 6.07 Å². The smallest absolute Gasteiger partial charge is 0.221 e. The summed E-state index contributed by atoms with van der Waals surface area (Å²) in [6.45, 7) is 0. The van der Waals surface area contributed by atoms with Crippen LogP contribution in [0.3, 0.4) is 0 Å². The molecule has 0 aliphatic carbocycles. The lowest BCUT2D eigenvalue weighted by Crippen LogP contribution is -2.02. The first-order chi connectivity index (χ1) is 6.25. The predicted octanol–water partition coefficient (Wildman–Crippen LogP) is 5.18. The number of benzene rings is 1. The number of hydrogen-bond donors (Lipinski definition) is 1. The summed E-state index contributed by atoms with van der Waals surface area (Å²) in [5, 5.41) is 9.50. The Labute approximate surface area is 110 Å². The van der Waals surface area contributed by atoms with Crippen molar-refractivity contribution in [3.05, 3.63) is 26.7 Å². The molecule has 0 unspecified atom stereocenters. The van der Waals surface area contributed by atoms with E-state index in [1.165, 1.54) is 0 Å². The fraction of sp³-hybridized carbons (Fsp3) is 0.143. The normalized spacial score (nSPS) is 11.9. The van der Waals surface area contributed by atoms with E-state index in [0.29, 0.717) is 0 Å². The Morgan fingerprint density at radius 3 is 1.93 bits per heavy atom. The number of aromatic hydroxyl groups is 1. The van der Waals surface area contributed by atoms with E-state index in [1.54, 1.807) is 0 Å². The lowest BCUT2D eigenvalue weighted by atomic mass is 10.2. The van der Waals surface area contributed by atoms with Crippen LogP contribution >= 0.6 is 69.6 Å². The van der Waals surface area contributed by atoms with Crippen molar-refractivity contribution >= 4 is 69.6 Å². The van der Waals surface area contributed by atoms with E-state index < -0.39 is 3.79 Å². The van der Waals surface area contributed by atoms with Crippen LogP contribution in [-0.4, -0.2) is 5.11 Å². The van der Waals surface area contributed by atoms with Crippen molar-refractivity contribution in [1.82, 2.24) is 0 Å². The maximum absolute atomic E-state index is 9.45. The molecule has 0 bridgehead atoms. The third-order valence-electron chi connectivity index (χ3n) is 1.42. The quantitative estimate of drug-likeness (QED) is 0.517. The van der Waals surface area contributed by atoms with E-state index in [1.807, 2.05) is 0 Å². The van der Waals surface area contributed by atoms with Crippen LogP contribution < -0.4 is 0 Å². The third kappa shape index (κ3) is 2.46. The molecule has 1 N–H and O–H groups in total. The minimum Gasteiger partial charge on any atom is -0.507 e. The molecule has 0 saturated heterocycles. The highest BCUT2D eigenvalue weighted by molar-refractivity contribution is 6.67. The molecule has 0 heterocycles. The zero-order valence-corrected chi connectivity index (χ0v) is 10.8. The summed E-state index contributed by atoms with van der Waals surface area (Å²) >= 11 is 33.8. The molecule has 0 spiro atoms. The van der Waals surface area contributed by atoms with Crippen molar-refractivity contribution in [3.63, 3.8) is 0 Å². The van der Waals surface area contributed by atoms with Crippen molar-refractivity contribution in [2.45, 2.75) is 3.79 Å². The molecule has 1 aromatic carbocycles. The number of phenolic OH excluding ortho intramolecular Hbond substituents is 1. The molecular formula is C7H2Cl6O. The summed E-state index contributed by atoms with van der Waals surface area (Å²) in [6.07, 6.45) is 0. The van der Waals surface area contributed by atoms with Crippen LogP contribution in [0.2, 0.25) is 15.1 Å². The van der Waals surface area contributed by atoms with Crippen molar-refractivity contribution < 1.29 is 5.11 Å². The van der Waals surface area contributed by atoms with Crippen LogP contribution in [0.1, 0.15) is 5.56 Å². The van der Waals surface area contributed by atoms with E-state index in [4.69, 9.17) is 69.6 Å². The highest BCUT2D eigenvalue weighted by atomic mass is 35.6. The molecule has 1 rings (SSSR count). The highest BCUT2D eigenvalue weighted by Gasteiger charge is 2.31. The van der Waals surface area contributed by atoms with E-state index in [-0.39, 0.29) is 26.4 Å². The average molecular weight is 315 g/mol. The van der Waals surface area contributed by atoms with Gasteiger partial charge < -0.3 is 5.11 Å². The number of hydrogen-bond acceptors (Lipinski definition) is 1. The molecule has 78 valence electrons. The second-order valence-corrected chi connectivity index (χ2v) is 5.82. The van der Waals surface area contributed by atoms with Gasteiger partial charge in [0, 0.05) is 6.07 Å². The summed E-state index contributed by atoms with van der Waals surface area (Å²) in [5.74, 6) is -0.315. The summed E-state index contributed by atoms with van der Waals surface area (Å²) in [4.78, 5) is 0. The zero-order valence-electron chi connectivity index (χ0n) is 6.29. The lowest BCUT2D eigenvalue weighted by Gasteiger charge is -2.16. The fourth-order valence-corrected chi connectivity index (χ4v) is 2.31. The first kappa shape index (κ1) is 12.8. The van der Waals surface area contributed by atoms with Gasteiger partial charge in [-0.3, -0.25) is 0 Å². The predicted molar refractivity (Wildman–Crippen MR) is 62.4 cm³/mol.